The van der Waals surface area contributed by atoms with Crippen LogP contribution in [0.4, 0.5) is 10.8 Å². The number of esters is 6. The quantitative estimate of drug-likeness (QED) is 0.00843. The van der Waals surface area contributed by atoms with Crippen LogP contribution in [0.15, 0.2) is 152 Å². The van der Waals surface area contributed by atoms with E-state index in [0.29, 0.717) is 111 Å². The van der Waals surface area contributed by atoms with Gasteiger partial charge in [-0.25, -0.2) is 14.6 Å². The van der Waals surface area contributed by atoms with Crippen LogP contribution in [0.25, 0.3) is 10.2 Å². The highest BCUT2D eigenvalue weighted by Crippen LogP contribution is 2.36. The second-order valence-corrected chi connectivity index (χ2v) is 22.4. The molecule has 2 fully saturated rings. The van der Waals surface area contributed by atoms with Gasteiger partial charge in [0.05, 0.1) is 66.5 Å². The number of hydrogen-bond acceptors (Lipinski definition) is 18. The number of unbranched alkanes of at least 4 members (excludes halogenated alkanes) is 6. The van der Waals surface area contributed by atoms with Crippen molar-refractivity contribution in [2.45, 2.75) is 103 Å². The largest absolute Gasteiger partial charge is 0.494 e. The van der Waals surface area contributed by atoms with Crippen LogP contribution < -0.4 is 38.7 Å². The van der Waals surface area contributed by atoms with E-state index in [4.69, 9.17) is 60.2 Å². The first kappa shape index (κ1) is 64.3. The number of para-hydroxylation sites is 2. The third-order valence-corrected chi connectivity index (χ3v) is 16.0. The molecule has 8 rings (SSSR count). The summed E-state index contributed by atoms with van der Waals surface area (Å²) >= 11 is 7.31. The highest BCUT2D eigenvalue weighted by molar-refractivity contribution is 7.80. The standard InChI is InChI=1S/C67H72N4O14S2/c1-3-60(72)80-42-16-7-5-14-40-78-52-30-34-54(35-31-52)82-62(74)46-22-24-48(25-23-46)64(76)84-56-38-39-58(50(44-56)45-68-71(66(86)69-51-18-10-9-11-19-51)67-70-57-20-12-13-21-59(57)87-67)85-65(77)49-28-26-47(27-29-49)63(75)83-55-36-32-53(33-37-55)79-41-15-6-8-17-43-81-61(73)4-2/h3-4,9-13,18-21,30-39,44-49H,1-2,5-8,14-17,22-29,40-43H2,(H,69,86). The second kappa shape index (κ2) is 33.8. The molecular formula is C67H72N4O14S2. The first-order valence-corrected chi connectivity index (χ1v) is 30.7. The van der Waals surface area contributed by atoms with E-state index in [2.05, 4.69) is 18.5 Å². The molecular weight excluding hydrogens is 1150 g/mol. The zero-order valence-corrected chi connectivity index (χ0v) is 50.2. The maximum absolute atomic E-state index is 14.0. The van der Waals surface area contributed by atoms with Crippen LogP contribution in [0.5, 0.6) is 34.5 Å². The minimum Gasteiger partial charge on any atom is -0.494 e. The van der Waals surface area contributed by atoms with Crippen LogP contribution in [-0.4, -0.2) is 78.6 Å². The van der Waals surface area contributed by atoms with Crippen molar-refractivity contribution in [3.63, 3.8) is 0 Å². The van der Waals surface area contributed by atoms with Crippen molar-refractivity contribution < 1.29 is 66.7 Å². The summed E-state index contributed by atoms with van der Waals surface area (Å²) in [6.45, 7) is 8.55. The summed E-state index contributed by atoms with van der Waals surface area (Å²) in [4.78, 5) is 81.7. The molecule has 0 amide bonds. The molecule has 2 aliphatic rings. The third kappa shape index (κ3) is 20.5. The number of aromatic nitrogens is 1. The molecule has 2 aliphatic carbocycles. The third-order valence-electron chi connectivity index (χ3n) is 14.7. The average Bonchev–Trinajstić information content (AvgIpc) is 4.09. The van der Waals surface area contributed by atoms with E-state index < -0.39 is 47.5 Å². The number of ether oxygens (including phenoxy) is 8. The number of benzene rings is 5. The van der Waals surface area contributed by atoms with Crippen molar-refractivity contribution in [1.29, 1.82) is 0 Å². The number of thiocarbonyl (C=S) groups is 1. The Morgan fingerprint density at radius 2 is 0.954 bits per heavy atom. The van der Waals surface area contributed by atoms with Crippen LogP contribution in [0.1, 0.15) is 108 Å². The molecule has 0 bridgehead atoms. The molecule has 6 aromatic rings. The van der Waals surface area contributed by atoms with Gasteiger partial charge in [0.15, 0.2) is 0 Å². The number of hydrazone groups is 1. The van der Waals surface area contributed by atoms with Gasteiger partial charge in [-0.2, -0.15) is 10.1 Å². The molecule has 0 radical (unpaired) electrons. The van der Waals surface area contributed by atoms with Gasteiger partial charge in [0.2, 0.25) is 10.2 Å². The van der Waals surface area contributed by atoms with Gasteiger partial charge in [0, 0.05) is 23.4 Å². The summed E-state index contributed by atoms with van der Waals surface area (Å²) in [6.07, 6.45) is 13.9. The van der Waals surface area contributed by atoms with Crippen molar-refractivity contribution in [1.82, 2.24) is 4.98 Å². The predicted molar refractivity (Wildman–Crippen MR) is 335 cm³/mol. The van der Waals surface area contributed by atoms with Gasteiger partial charge >= 0.3 is 35.8 Å². The van der Waals surface area contributed by atoms with Gasteiger partial charge in [-0.1, -0.05) is 54.8 Å². The molecule has 18 nitrogen and oxygen atoms in total. The normalized spacial score (nSPS) is 16.4. The summed E-state index contributed by atoms with van der Waals surface area (Å²) in [5.74, 6) is -1.92. The van der Waals surface area contributed by atoms with Crippen molar-refractivity contribution in [3.05, 3.63) is 152 Å². The number of nitrogens with one attached hydrogen (secondary N) is 1. The smallest absolute Gasteiger partial charge is 0.330 e. The highest BCUT2D eigenvalue weighted by Gasteiger charge is 2.34. The molecule has 0 aliphatic heterocycles. The monoisotopic (exact) mass is 1220 g/mol. The molecule has 1 aromatic heterocycles. The lowest BCUT2D eigenvalue weighted by molar-refractivity contribution is -0.145. The lowest BCUT2D eigenvalue weighted by atomic mass is 9.82. The molecule has 0 unspecified atom stereocenters. The molecule has 87 heavy (non-hydrogen) atoms. The van der Waals surface area contributed by atoms with E-state index in [0.717, 1.165) is 79.4 Å². The van der Waals surface area contributed by atoms with E-state index in [9.17, 15) is 28.8 Å². The summed E-state index contributed by atoms with van der Waals surface area (Å²) < 4.78 is 46.3. The Bertz CT molecular complexity index is 3290. The van der Waals surface area contributed by atoms with Crippen LogP contribution in [0, 0.1) is 23.7 Å². The number of carbonyl (C=O) groups is 6. The van der Waals surface area contributed by atoms with Crippen LogP contribution in [0.2, 0.25) is 0 Å². The fourth-order valence-corrected chi connectivity index (χ4v) is 11.1. The van der Waals surface area contributed by atoms with E-state index in [1.165, 1.54) is 22.6 Å². The van der Waals surface area contributed by atoms with Crippen molar-refractivity contribution in [2.24, 2.45) is 28.8 Å². The molecule has 5 aromatic carbocycles. The second-order valence-electron chi connectivity index (χ2n) is 21.0. The molecule has 0 spiro atoms. The first-order valence-electron chi connectivity index (χ1n) is 29.5. The number of rotatable bonds is 30. The van der Waals surface area contributed by atoms with Crippen LogP contribution in [-0.2, 0) is 38.2 Å². The average molecular weight is 1220 g/mol. The maximum atomic E-state index is 14.0. The zero-order chi connectivity index (χ0) is 61.2. The highest BCUT2D eigenvalue weighted by atomic mass is 32.1. The minimum atomic E-state index is -0.515. The zero-order valence-electron chi connectivity index (χ0n) is 48.5. The Kier molecular flexibility index (Phi) is 25.0. The van der Waals surface area contributed by atoms with Gasteiger partial charge < -0.3 is 43.2 Å². The van der Waals surface area contributed by atoms with Crippen molar-refractivity contribution in [3.8, 4) is 34.5 Å². The van der Waals surface area contributed by atoms with Gasteiger partial charge in [0.1, 0.15) is 34.5 Å². The van der Waals surface area contributed by atoms with Crippen LogP contribution in [0.3, 0.4) is 0 Å². The Labute approximate surface area is 515 Å². The van der Waals surface area contributed by atoms with Gasteiger partial charge in [-0.05, 0) is 206 Å². The first-order chi connectivity index (χ1) is 42.4. The fourth-order valence-electron chi connectivity index (χ4n) is 9.83. The van der Waals surface area contributed by atoms with E-state index in [1.54, 1.807) is 66.7 Å². The summed E-state index contributed by atoms with van der Waals surface area (Å²) in [5.41, 5.74) is 1.78. The van der Waals surface area contributed by atoms with Gasteiger partial charge in [-0.3, -0.25) is 19.2 Å². The topological polar surface area (TPSA) is 217 Å². The number of anilines is 2. The number of hydrogen-bond donors (Lipinski definition) is 1. The Balaban J connectivity index is 0.859. The number of nitrogens with zero attached hydrogens (tertiary/aromatic N) is 3. The maximum Gasteiger partial charge on any atom is 0.330 e. The summed E-state index contributed by atoms with van der Waals surface area (Å²) in [7, 11) is 0. The molecule has 2 saturated carbocycles. The van der Waals surface area contributed by atoms with Crippen molar-refractivity contribution in [2.75, 3.05) is 36.8 Å². The van der Waals surface area contributed by atoms with E-state index in [1.807, 2.05) is 54.6 Å². The minimum absolute atomic E-state index is 0.155. The Morgan fingerprint density at radius 1 is 0.529 bits per heavy atom. The van der Waals surface area contributed by atoms with E-state index >= 15 is 0 Å². The Hall–Kier alpha value is -8.75. The SMILES string of the molecule is C=CC(=O)OCCCCCCOc1ccc(OC(=O)C2CCC(C(=O)Oc3ccc(OC(=O)C4CCC(C(=O)Oc5ccc(OCCCCCCOC(=O)C=C)cc5)CC4)c(C=NN(C(=S)Nc4ccccc4)c4nc5ccccc5s4)c3)CC2)cc1. The van der Waals surface area contributed by atoms with Gasteiger partial charge in [-0.15, -0.1) is 0 Å². The lowest BCUT2D eigenvalue weighted by Crippen LogP contribution is -2.31. The molecule has 0 atom stereocenters. The number of carbonyl (C=O) groups excluding carboxylic acids is 6. The molecule has 1 N–H and O–H groups in total. The summed E-state index contributed by atoms with van der Waals surface area (Å²) in [5, 5.41) is 10.2. The number of fused-ring (bicyclic) bond motifs is 1. The molecule has 456 valence electrons. The molecule has 20 heteroatoms. The summed E-state index contributed by atoms with van der Waals surface area (Å²) in [6, 6.07) is 35.5. The van der Waals surface area contributed by atoms with E-state index in [-0.39, 0.29) is 28.6 Å². The van der Waals surface area contributed by atoms with Gasteiger partial charge in [0.25, 0.3) is 0 Å². The van der Waals surface area contributed by atoms with Crippen LogP contribution >= 0.6 is 23.6 Å². The lowest BCUT2D eigenvalue weighted by Gasteiger charge is -2.26. The molecule has 0 saturated heterocycles. The fraction of sp³-hybridized carbons (Fsp3) is 0.358. The predicted octanol–water partition coefficient (Wildman–Crippen LogP) is 13.5. The number of thiazole rings is 1. The Morgan fingerprint density at radius 3 is 1.44 bits per heavy atom. The molecule has 1 heterocycles. The van der Waals surface area contributed by atoms with Crippen molar-refractivity contribution >= 4 is 91.7 Å².